The normalized spacial score (nSPS) is 15.7. The van der Waals surface area contributed by atoms with Gasteiger partial charge in [-0.25, -0.2) is 0 Å². The Morgan fingerprint density at radius 2 is 2.31 bits per heavy atom. The van der Waals surface area contributed by atoms with Crippen LogP contribution in [-0.4, -0.2) is 18.3 Å². The lowest BCUT2D eigenvalue weighted by molar-refractivity contribution is -0.0345. The standard InChI is InChI=1S/C9H13BrO2S/c1-3-12-6-9(2,11)7-4-13-5-8(7)10/h4-5,11H,3,6H2,1-2H3. The minimum absolute atomic E-state index is 0.332. The molecule has 0 aromatic carbocycles. The Morgan fingerprint density at radius 3 is 2.77 bits per heavy atom. The van der Waals surface area contributed by atoms with Crippen LogP contribution in [0.4, 0.5) is 0 Å². The minimum Gasteiger partial charge on any atom is -0.383 e. The maximum atomic E-state index is 10.0. The van der Waals surface area contributed by atoms with E-state index in [1.807, 2.05) is 17.7 Å². The molecule has 1 unspecified atom stereocenters. The molecule has 0 saturated heterocycles. The van der Waals surface area contributed by atoms with Crippen molar-refractivity contribution in [1.29, 1.82) is 0 Å². The van der Waals surface area contributed by atoms with E-state index >= 15 is 0 Å². The molecule has 0 radical (unpaired) electrons. The van der Waals surface area contributed by atoms with Crippen LogP contribution in [0.15, 0.2) is 15.2 Å². The molecule has 1 rings (SSSR count). The molecule has 0 aliphatic carbocycles. The zero-order valence-corrected chi connectivity index (χ0v) is 10.1. The van der Waals surface area contributed by atoms with E-state index in [2.05, 4.69) is 15.9 Å². The highest BCUT2D eigenvalue weighted by Crippen LogP contribution is 2.31. The fraction of sp³-hybridized carbons (Fsp3) is 0.556. The Morgan fingerprint density at radius 1 is 1.62 bits per heavy atom. The van der Waals surface area contributed by atoms with Crippen molar-refractivity contribution in [2.24, 2.45) is 0 Å². The summed E-state index contributed by atoms with van der Waals surface area (Å²) in [7, 11) is 0. The van der Waals surface area contributed by atoms with Crippen LogP contribution in [0.1, 0.15) is 19.4 Å². The number of hydrogen-bond acceptors (Lipinski definition) is 3. The number of rotatable bonds is 4. The summed E-state index contributed by atoms with van der Waals surface area (Å²) in [6, 6.07) is 0. The van der Waals surface area contributed by atoms with Gasteiger partial charge in [0.1, 0.15) is 5.60 Å². The van der Waals surface area contributed by atoms with E-state index in [-0.39, 0.29) is 0 Å². The highest BCUT2D eigenvalue weighted by Gasteiger charge is 2.26. The largest absolute Gasteiger partial charge is 0.383 e. The molecular formula is C9H13BrO2S. The first-order valence-electron chi connectivity index (χ1n) is 4.10. The van der Waals surface area contributed by atoms with Gasteiger partial charge in [-0.05, 0) is 35.2 Å². The second-order valence-corrected chi connectivity index (χ2v) is 4.64. The molecule has 0 fully saturated rings. The van der Waals surface area contributed by atoms with Crippen LogP contribution >= 0.6 is 27.3 Å². The Balaban J connectivity index is 2.74. The molecule has 0 amide bonds. The van der Waals surface area contributed by atoms with Crippen molar-refractivity contribution in [3.05, 3.63) is 20.8 Å². The second-order valence-electron chi connectivity index (χ2n) is 3.04. The van der Waals surface area contributed by atoms with E-state index in [9.17, 15) is 5.11 Å². The molecule has 1 heterocycles. The van der Waals surface area contributed by atoms with Crippen molar-refractivity contribution in [3.63, 3.8) is 0 Å². The average Bonchev–Trinajstić information content (AvgIpc) is 2.48. The number of thiophene rings is 1. The second kappa shape index (κ2) is 4.55. The molecule has 0 aliphatic rings. The van der Waals surface area contributed by atoms with Crippen molar-refractivity contribution < 1.29 is 9.84 Å². The van der Waals surface area contributed by atoms with Crippen LogP contribution in [0.2, 0.25) is 0 Å². The van der Waals surface area contributed by atoms with Crippen LogP contribution in [0.5, 0.6) is 0 Å². The summed E-state index contributed by atoms with van der Waals surface area (Å²) in [5.41, 5.74) is 0.000394. The van der Waals surface area contributed by atoms with E-state index in [0.29, 0.717) is 13.2 Å². The molecule has 1 N–H and O–H groups in total. The summed E-state index contributed by atoms with van der Waals surface area (Å²) >= 11 is 4.95. The van der Waals surface area contributed by atoms with Crippen LogP contribution in [0.25, 0.3) is 0 Å². The molecular weight excluding hydrogens is 252 g/mol. The fourth-order valence-electron chi connectivity index (χ4n) is 1.04. The minimum atomic E-state index is -0.894. The summed E-state index contributed by atoms with van der Waals surface area (Å²) < 4.78 is 6.16. The van der Waals surface area contributed by atoms with Crippen molar-refractivity contribution in [1.82, 2.24) is 0 Å². The van der Waals surface area contributed by atoms with Gasteiger partial charge in [0.2, 0.25) is 0 Å². The highest BCUT2D eigenvalue weighted by atomic mass is 79.9. The summed E-state index contributed by atoms with van der Waals surface area (Å²) in [6.07, 6.45) is 0. The third-order valence-corrected chi connectivity index (χ3v) is 3.48. The number of hydrogen-bond donors (Lipinski definition) is 1. The van der Waals surface area contributed by atoms with Crippen LogP contribution in [0.3, 0.4) is 0 Å². The van der Waals surface area contributed by atoms with E-state index in [4.69, 9.17) is 4.74 Å². The third kappa shape index (κ3) is 2.77. The van der Waals surface area contributed by atoms with E-state index in [1.165, 1.54) is 0 Å². The quantitative estimate of drug-likeness (QED) is 0.907. The molecule has 4 heteroatoms. The molecule has 0 saturated carbocycles. The first-order valence-corrected chi connectivity index (χ1v) is 5.84. The summed E-state index contributed by atoms with van der Waals surface area (Å²) in [5, 5.41) is 13.9. The van der Waals surface area contributed by atoms with Gasteiger partial charge in [-0.3, -0.25) is 0 Å². The van der Waals surface area contributed by atoms with Gasteiger partial charge >= 0.3 is 0 Å². The molecule has 2 nitrogen and oxygen atoms in total. The van der Waals surface area contributed by atoms with E-state index in [1.54, 1.807) is 18.3 Å². The van der Waals surface area contributed by atoms with Gasteiger partial charge in [-0.15, -0.1) is 0 Å². The summed E-state index contributed by atoms with van der Waals surface area (Å²) in [5.74, 6) is 0. The van der Waals surface area contributed by atoms with E-state index in [0.717, 1.165) is 10.0 Å². The highest BCUT2D eigenvalue weighted by molar-refractivity contribution is 9.10. The van der Waals surface area contributed by atoms with Crippen molar-refractivity contribution in [2.75, 3.05) is 13.2 Å². The van der Waals surface area contributed by atoms with Crippen LogP contribution in [-0.2, 0) is 10.3 Å². The SMILES string of the molecule is CCOCC(C)(O)c1cscc1Br. The molecule has 13 heavy (non-hydrogen) atoms. The van der Waals surface area contributed by atoms with Gasteiger partial charge in [0.15, 0.2) is 0 Å². The third-order valence-electron chi connectivity index (χ3n) is 1.78. The van der Waals surface area contributed by atoms with Gasteiger partial charge in [0.25, 0.3) is 0 Å². The maximum absolute atomic E-state index is 10.0. The molecule has 0 aliphatic heterocycles. The number of aliphatic hydroxyl groups is 1. The lowest BCUT2D eigenvalue weighted by Crippen LogP contribution is -2.27. The van der Waals surface area contributed by atoms with Gasteiger partial charge in [0.05, 0.1) is 6.61 Å². The summed E-state index contributed by atoms with van der Waals surface area (Å²) in [6.45, 7) is 4.63. The first kappa shape index (κ1) is 11.2. The van der Waals surface area contributed by atoms with Crippen molar-refractivity contribution >= 4 is 27.3 Å². The molecule has 0 spiro atoms. The Kier molecular flexibility index (Phi) is 3.91. The smallest absolute Gasteiger partial charge is 0.112 e. The number of halogens is 1. The van der Waals surface area contributed by atoms with Gasteiger partial charge in [-0.1, -0.05) is 0 Å². The topological polar surface area (TPSA) is 29.5 Å². The number of ether oxygens (including phenoxy) is 1. The lowest BCUT2D eigenvalue weighted by atomic mass is 10.0. The predicted molar refractivity (Wildman–Crippen MR) is 58.1 cm³/mol. The predicted octanol–water partition coefficient (Wildman–Crippen LogP) is 2.75. The van der Waals surface area contributed by atoms with E-state index < -0.39 is 5.60 Å². The van der Waals surface area contributed by atoms with Crippen LogP contribution < -0.4 is 0 Å². The van der Waals surface area contributed by atoms with Crippen LogP contribution in [0, 0.1) is 0 Å². The average molecular weight is 265 g/mol. The Labute approximate surface area is 90.7 Å². The molecule has 1 atom stereocenters. The Bertz CT molecular complexity index is 270. The van der Waals surface area contributed by atoms with Gasteiger partial charge < -0.3 is 9.84 Å². The maximum Gasteiger partial charge on any atom is 0.112 e. The van der Waals surface area contributed by atoms with Crippen molar-refractivity contribution in [2.45, 2.75) is 19.4 Å². The lowest BCUT2D eigenvalue weighted by Gasteiger charge is -2.22. The fourth-order valence-corrected chi connectivity index (χ4v) is 2.89. The molecule has 74 valence electrons. The summed E-state index contributed by atoms with van der Waals surface area (Å²) in [4.78, 5) is 0. The molecule has 0 bridgehead atoms. The monoisotopic (exact) mass is 264 g/mol. The van der Waals surface area contributed by atoms with Gasteiger partial charge in [0, 0.05) is 22.0 Å². The Hall–Kier alpha value is 0.100. The zero-order chi connectivity index (χ0) is 9.90. The molecule has 1 aromatic rings. The first-order chi connectivity index (χ1) is 6.08. The van der Waals surface area contributed by atoms with Crippen molar-refractivity contribution in [3.8, 4) is 0 Å². The molecule has 1 aromatic heterocycles. The van der Waals surface area contributed by atoms with Gasteiger partial charge in [-0.2, -0.15) is 11.3 Å². The zero-order valence-electron chi connectivity index (χ0n) is 7.71.